The Labute approximate surface area is 110 Å². The number of hydrogen-bond acceptors (Lipinski definition) is 3. The molecule has 0 spiro atoms. The monoisotopic (exact) mass is 302 g/mol. The van der Waals surface area contributed by atoms with E-state index in [9.17, 15) is 26.3 Å². The predicted octanol–water partition coefficient (Wildman–Crippen LogP) is 3.36. The smallest absolute Gasteiger partial charge is 0.434 e. The molecular weight excluding hydrogens is 290 g/mol. The fourth-order valence-electron chi connectivity index (χ4n) is 1.35. The zero-order chi connectivity index (χ0) is 15.6. The van der Waals surface area contributed by atoms with Gasteiger partial charge in [-0.15, -0.1) is 0 Å². The van der Waals surface area contributed by atoms with Crippen molar-refractivity contribution in [2.75, 3.05) is 0 Å². The van der Waals surface area contributed by atoms with Crippen LogP contribution in [-0.2, 0) is 0 Å². The lowest BCUT2D eigenvalue weighted by atomic mass is 10.1. The van der Waals surface area contributed by atoms with E-state index in [2.05, 4.69) is 9.72 Å². The first-order valence-electron chi connectivity index (χ1n) is 5.57. The van der Waals surface area contributed by atoms with Gasteiger partial charge < -0.3 is 10.5 Å². The van der Waals surface area contributed by atoms with Gasteiger partial charge in [0.2, 0.25) is 0 Å². The van der Waals surface area contributed by atoms with Crippen molar-refractivity contribution in [2.24, 2.45) is 5.73 Å². The van der Waals surface area contributed by atoms with Gasteiger partial charge in [0.15, 0.2) is 0 Å². The highest BCUT2D eigenvalue weighted by atomic mass is 19.4. The number of aromatic nitrogens is 1. The summed E-state index contributed by atoms with van der Waals surface area (Å²) in [5.41, 5.74) is 5.98. The second kappa shape index (κ2) is 5.86. The van der Waals surface area contributed by atoms with E-state index in [1.807, 2.05) is 0 Å². The van der Waals surface area contributed by atoms with Crippen LogP contribution >= 0.6 is 0 Å². The van der Waals surface area contributed by atoms with Gasteiger partial charge in [0, 0.05) is 6.04 Å². The fraction of sp³-hybridized carbons (Fsp3) is 0.545. The Bertz CT molecular complexity index is 414. The predicted molar refractivity (Wildman–Crippen MR) is 58.0 cm³/mol. The van der Waals surface area contributed by atoms with Crippen LogP contribution in [0.3, 0.4) is 0 Å². The molecule has 1 unspecified atom stereocenters. The van der Waals surface area contributed by atoms with Crippen molar-refractivity contribution in [2.45, 2.75) is 37.8 Å². The number of pyridine rings is 1. The third kappa shape index (κ3) is 4.26. The van der Waals surface area contributed by atoms with E-state index in [0.29, 0.717) is 12.1 Å². The normalized spacial score (nSPS) is 14.4. The minimum Gasteiger partial charge on any atom is -0.470 e. The number of halogens is 6. The van der Waals surface area contributed by atoms with E-state index in [-0.39, 0.29) is 0 Å². The number of ether oxygens (including phenoxy) is 1. The Hall–Kier alpha value is -1.51. The molecule has 2 N–H and O–H groups in total. The first-order chi connectivity index (χ1) is 9.05. The largest absolute Gasteiger partial charge is 0.470 e. The van der Waals surface area contributed by atoms with Crippen LogP contribution in [0.1, 0.15) is 25.1 Å². The van der Waals surface area contributed by atoms with Crippen molar-refractivity contribution in [3.8, 4) is 5.75 Å². The van der Waals surface area contributed by atoms with Gasteiger partial charge in [-0.1, -0.05) is 6.92 Å². The van der Waals surface area contributed by atoms with Crippen LogP contribution in [0.15, 0.2) is 18.3 Å². The molecule has 0 amide bonds. The van der Waals surface area contributed by atoms with Gasteiger partial charge in [-0.3, -0.25) is 4.98 Å². The summed E-state index contributed by atoms with van der Waals surface area (Å²) in [6, 6.07) is 1.76. The average molecular weight is 302 g/mol. The number of nitrogens with two attached hydrogens (primary N) is 1. The quantitative estimate of drug-likeness (QED) is 0.868. The summed E-state index contributed by atoms with van der Waals surface area (Å²) >= 11 is 0. The van der Waals surface area contributed by atoms with E-state index < -0.39 is 30.2 Å². The second-order valence-corrected chi connectivity index (χ2v) is 4.01. The van der Waals surface area contributed by atoms with Crippen LogP contribution in [0.25, 0.3) is 0 Å². The van der Waals surface area contributed by atoms with Gasteiger partial charge in [0.05, 0.1) is 11.9 Å². The standard InChI is InChI=1S/C11H12F6N2O/c1-2-7(18)8-4-3-6(5-19-8)20-9(10(12,13)14)11(15,16)17/h3-5,7,9H,2,18H2,1H3. The fourth-order valence-corrected chi connectivity index (χ4v) is 1.35. The molecule has 9 heteroatoms. The molecule has 1 rings (SSSR count). The molecule has 0 bridgehead atoms. The van der Waals surface area contributed by atoms with Gasteiger partial charge in [0.1, 0.15) is 5.75 Å². The van der Waals surface area contributed by atoms with Crippen LogP contribution in [0.4, 0.5) is 26.3 Å². The molecule has 0 aliphatic carbocycles. The zero-order valence-electron chi connectivity index (χ0n) is 10.3. The van der Waals surface area contributed by atoms with E-state index in [1.165, 1.54) is 6.07 Å². The van der Waals surface area contributed by atoms with Crippen molar-refractivity contribution in [3.63, 3.8) is 0 Å². The van der Waals surface area contributed by atoms with Crippen LogP contribution in [0.2, 0.25) is 0 Å². The lowest BCUT2D eigenvalue weighted by Crippen LogP contribution is -2.46. The van der Waals surface area contributed by atoms with E-state index in [0.717, 1.165) is 12.3 Å². The van der Waals surface area contributed by atoms with E-state index >= 15 is 0 Å². The maximum absolute atomic E-state index is 12.3. The van der Waals surface area contributed by atoms with Crippen molar-refractivity contribution in [1.29, 1.82) is 0 Å². The number of alkyl halides is 6. The Morgan fingerprint density at radius 1 is 1.15 bits per heavy atom. The third-order valence-corrected chi connectivity index (χ3v) is 2.43. The first-order valence-corrected chi connectivity index (χ1v) is 5.57. The lowest BCUT2D eigenvalue weighted by Gasteiger charge is -2.23. The molecule has 0 radical (unpaired) electrons. The molecule has 0 fully saturated rings. The molecule has 1 heterocycles. The van der Waals surface area contributed by atoms with Crippen molar-refractivity contribution in [1.82, 2.24) is 4.98 Å². The minimum absolute atomic E-state index is 0.357. The maximum atomic E-state index is 12.3. The van der Waals surface area contributed by atoms with Crippen molar-refractivity contribution in [3.05, 3.63) is 24.0 Å². The number of hydrogen-bond donors (Lipinski definition) is 1. The van der Waals surface area contributed by atoms with Crippen LogP contribution in [0.5, 0.6) is 5.75 Å². The molecule has 0 saturated carbocycles. The highest BCUT2D eigenvalue weighted by Gasteiger charge is 2.59. The summed E-state index contributed by atoms with van der Waals surface area (Å²) in [5.74, 6) is -0.628. The van der Waals surface area contributed by atoms with Gasteiger partial charge in [-0.05, 0) is 18.6 Å². The Balaban J connectivity index is 2.90. The summed E-state index contributed by atoms with van der Waals surface area (Å²) < 4.78 is 77.6. The van der Waals surface area contributed by atoms with Crippen LogP contribution < -0.4 is 10.5 Å². The molecule has 20 heavy (non-hydrogen) atoms. The highest BCUT2D eigenvalue weighted by molar-refractivity contribution is 5.22. The Kier molecular flexibility index (Phi) is 4.85. The van der Waals surface area contributed by atoms with Gasteiger partial charge in [-0.25, -0.2) is 0 Å². The number of nitrogens with zero attached hydrogens (tertiary/aromatic N) is 1. The van der Waals surface area contributed by atoms with Crippen LogP contribution in [-0.4, -0.2) is 23.4 Å². The first kappa shape index (κ1) is 16.5. The van der Waals surface area contributed by atoms with E-state index in [1.54, 1.807) is 6.92 Å². The second-order valence-electron chi connectivity index (χ2n) is 4.01. The van der Waals surface area contributed by atoms with Gasteiger partial charge >= 0.3 is 12.4 Å². The summed E-state index contributed by atoms with van der Waals surface area (Å²) in [7, 11) is 0. The van der Waals surface area contributed by atoms with Crippen molar-refractivity contribution < 1.29 is 31.1 Å². The SMILES string of the molecule is CCC(N)c1ccc(OC(C(F)(F)F)C(F)(F)F)cn1. The molecular formula is C11H12F6N2O. The molecule has 3 nitrogen and oxygen atoms in total. The molecule has 0 aliphatic heterocycles. The summed E-state index contributed by atoms with van der Waals surface area (Å²) in [6.45, 7) is 1.76. The summed E-state index contributed by atoms with van der Waals surface area (Å²) in [5, 5.41) is 0. The van der Waals surface area contributed by atoms with Gasteiger partial charge in [-0.2, -0.15) is 26.3 Å². The van der Waals surface area contributed by atoms with Crippen molar-refractivity contribution >= 4 is 0 Å². The molecule has 0 saturated heterocycles. The number of rotatable bonds is 4. The Morgan fingerprint density at radius 2 is 1.70 bits per heavy atom. The van der Waals surface area contributed by atoms with Crippen LogP contribution in [0, 0.1) is 0 Å². The minimum atomic E-state index is -5.56. The van der Waals surface area contributed by atoms with Gasteiger partial charge in [0.25, 0.3) is 6.10 Å². The molecule has 114 valence electrons. The molecule has 0 aromatic carbocycles. The molecule has 0 aliphatic rings. The third-order valence-electron chi connectivity index (χ3n) is 2.43. The average Bonchev–Trinajstić information content (AvgIpc) is 2.33. The molecule has 1 atom stereocenters. The Morgan fingerprint density at radius 3 is 2.05 bits per heavy atom. The lowest BCUT2D eigenvalue weighted by molar-refractivity contribution is -0.299. The highest BCUT2D eigenvalue weighted by Crippen LogP contribution is 2.36. The van der Waals surface area contributed by atoms with E-state index in [4.69, 9.17) is 5.73 Å². The maximum Gasteiger partial charge on any atom is 0.434 e. The summed E-state index contributed by atoms with van der Waals surface area (Å²) in [6.07, 6.45) is -13.7. The topological polar surface area (TPSA) is 48.1 Å². The molecule has 1 aromatic heterocycles. The summed E-state index contributed by atoms with van der Waals surface area (Å²) in [4.78, 5) is 3.68. The zero-order valence-corrected chi connectivity index (χ0v) is 10.3. The molecule has 1 aromatic rings.